The molecule has 0 saturated carbocycles. The van der Waals surface area contributed by atoms with Gasteiger partial charge in [-0.3, -0.25) is 5.10 Å². The number of hydrogen-bond acceptors (Lipinski definition) is 3. The van der Waals surface area contributed by atoms with Crippen molar-refractivity contribution in [2.45, 2.75) is 39.2 Å². The minimum atomic E-state index is -0.130. The van der Waals surface area contributed by atoms with Crippen LogP contribution < -0.4 is 5.73 Å². The van der Waals surface area contributed by atoms with Crippen molar-refractivity contribution < 1.29 is 0 Å². The Kier molecular flexibility index (Phi) is 2.47. The minimum Gasteiger partial charge on any atom is -0.326 e. The highest BCUT2D eigenvalue weighted by Crippen LogP contribution is 2.07. The Morgan fingerprint density at radius 3 is 2.58 bits per heavy atom. The molecule has 0 fully saturated rings. The largest absolute Gasteiger partial charge is 0.326 e. The second-order valence-electron chi connectivity index (χ2n) is 3.83. The fourth-order valence-electron chi connectivity index (χ4n) is 0.935. The van der Waals surface area contributed by atoms with Gasteiger partial charge in [-0.1, -0.05) is 0 Å². The zero-order chi connectivity index (χ0) is 9.19. The smallest absolute Gasteiger partial charge is 0.150 e. The Balaban J connectivity index is 2.44. The number of nitrogens with one attached hydrogen (secondary N) is 1. The molecule has 1 aromatic heterocycles. The molecule has 0 amide bonds. The average Bonchev–Trinajstić information content (AvgIpc) is 2.30. The van der Waals surface area contributed by atoms with Crippen molar-refractivity contribution in [2.24, 2.45) is 5.73 Å². The van der Waals surface area contributed by atoms with Gasteiger partial charge < -0.3 is 5.73 Å². The van der Waals surface area contributed by atoms with Crippen molar-refractivity contribution in [2.75, 3.05) is 0 Å². The van der Waals surface area contributed by atoms with Crippen LogP contribution in [0.25, 0.3) is 0 Å². The van der Waals surface area contributed by atoms with E-state index in [1.807, 2.05) is 20.8 Å². The average molecular weight is 168 g/mol. The van der Waals surface area contributed by atoms with Crippen LogP contribution in [0.1, 0.15) is 31.9 Å². The van der Waals surface area contributed by atoms with E-state index in [9.17, 15) is 0 Å². The highest BCUT2D eigenvalue weighted by molar-refractivity contribution is 4.89. The number of hydrogen-bond donors (Lipinski definition) is 2. The van der Waals surface area contributed by atoms with E-state index in [0.29, 0.717) is 0 Å². The lowest BCUT2D eigenvalue weighted by atomic mass is 10.0. The van der Waals surface area contributed by atoms with Crippen LogP contribution in [0.4, 0.5) is 0 Å². The first-order valence-corrected chi connectivity index (χ1v) is 4.14. The Bertz CT molecular complexity index is 246. The predicted octanol–water partition coefficient (Wildman–Crippen LogP) is 0.783. The molecule has 0 unspecified atom stereocenters. The SMILES string of the molecule is Cc1nc(CCC(C)(C)N)n[nH]1. The topological polar surface area (TPSA) is 67.6 Å². The number of nitrogens with zero attached hydrogens (tertiary/aromatic N) is 2. The van der Waals surface area contributed by atoms with E-state index >= 15 is 0 Å². The van der Waals surface area contributed by atoms with Crippen LogP contribution in [0.5, 0.6) is 0 Å². The first kappa shape index (κ1) is 9.19. The van der Waals surface area contributed by atoms with E-state index in [-0.39, 0.29) is 5.54 Å². The molecule has 0 radical (unpaired) electrons. The first-order chi connectivity index (χ1) is 5.47. The summed E-state index contributed by atoms with van der Waals surface area (Å²) in [6.07, 6.45) is 1.75. The van der Waals surface area contributed by atoms with Gasteiger partial charge in [0.25, 0.3) is 0 Å². The summed E-state index contributed by atoms with van der Waals surface area (Å²) < 4.78 is 0. The van der Waals surface area contributed by atoms with Crippen molar-refractivity contribution in [1.82, 2.24) is 15.2 Å². The fraction of sp³-hybridized carbons (Fsp3) is 0.750. The van der Waals surface area contributed by atoms with Crippen molar-refractivity contribution in [3.8, 4) is 0 Å². The molecule has 0 bridgehead atoms. The molecular formula is C8H16N4. The lowest BCUT2D eigenvalue weighted by Crippen LogP contribution is -2.32. The van der Waals surface area contributed by atoms with Crippen LogP contribution >= 0.6 is 0 Å². The van der Waals surface area contributed by atoms with Crippen LogP contribution in [0.15, 0.2) is 0 Å². The number of nitrogens with two attached hydrogens (primary N) is 1. The van der Waals surface area contributed by atoms with Crippen LogP contribution in [0.3, 0.4) is 0 Å². The van der Waals surface area contributed by atoms with E-state index in [2.05, 4.69) is 15.2 Å². The van der Waals surface area contributed by atoms with Gasteiger partial charge in [0.1, 0.15) is 5.82 Å². The molecule has 0 aromatic carbocycles. The molecule has 0 aliphatic carbocycles. The Hall–Kier alpha value is -0.900. The molecule has 4 nitrogen and oxygen atoms in total. The summed E-state index contributed by atoms with van der Waals surface area (Å²) in [5, 5.41) is 6.83. The molecule has 1 rings (SSSR count). The summed E-state index contributed by atoms with van der Waals surface area (Å²) in [5.41, 5.74) is 5.69. The molecule has 68 valence electrons. The zero-order valence-electron chi connectivity index (χ0n) is 7.89. The van der Waals surface area contributed by atoms with Crippen LogP contribution in [0.2, 0.25) is 0 Å². The molecule has 0 saturated heterocycles. The molecular weight excluding hydrogens is 152 g/mol. The lowest BCUT2D eigenvalue weighted by Gasteiger charge is -2.16. The van der Waals surface area contributed by atoms with Crippen molar-refractivity contribution >= 4 is 0 Å². The van der Waals surface area contributed by atoms with Crippen molar-refractivity contribution in [1.29, 1.82) is 0 Å². The lowest BCUT2D eigenvalue weighted by molar-refractivity contribution is 0.471. The number of aromatic amines is 1. The molecule has 1 heterocycles. The van der Waals surface area contributed by atoms with Gasteiger partial charge in [-0.15, -0.1) is 0 Å². The molecule has 4 heteroatoms. The van der Waals surface area contributed by atoms with Gasteiger partial charge in [-0.2, -0.15) is 5.10 Å². The predicted molar refractivity (Wildman–Crippen MR) is 47.7 cm³/mol. The van der Waals surface area contributed by atoms with E-state index in [4.69, 9.17) is 5.73 Å². The second kappa shape index (κ2) is 3.23. The van der Waals surface area contributed by atoms with E-state index in [1.54, 1.807) is 0 Å². The number of H-pyrrole nitrogens is 1. The second-order valence-corrected chi connectivity index (χ2v) is 3.83. The quantitative estimate of drug-likeness (QED) is 0.701. The maximum atomic E-state index is 5.82. The molecule has 0 aliphatic heterocycles. The van der Waals surface area contributed by atoms with E-state index < -0.39 is 0 Å². The summed E-state index contributed by atoms with van der Waals surface area (Å²) in [6, 6.07) is 0. The third kappa shape index (κ3) is 3.00. The van der Waals surface area contributed by atoms with Gasteiger partial charge in [-0.05, 0) is 27.2 Å². The Morgan fingerprint density at radius 2 is 2.17 bits per heavy atom. The van der Waals surface area contributed by atoms with Crippen molar-refractivity contribution in [3.05, 3.63) is 11.6 Å². The summed E-state index contributed by atoms with van der Waals surface area (Å²) in [4.78, 5) is 4.19. The monoisotopic (exact) mass is 168 g/mol. The summed E-state index contributed by atoms with van der Waals surface area (Å²) in [5.74, 6) is 1.71. The van der Waals surface area contributed by atoms with E-state index in [0.717, 1.165) is 24.5 Å². The van der Waals surface area contributed by atoms with E-state index in [1.165, 1.54) is 0 Å². The Labute approximate surface area is 72.6 Å². The van der Waals surface area contributed by atoms with Gasteiger partial charge in [0, 0.05) is 12.0 Å². The molecule has 0 atom stereocenters. The summed E-state index contributed by atoms with van der Waals surface area (Å²) in [7, 11) is 0. The van der Waals surface area contributed by atoms with Crippen LogP contribution in [-0.2, 0) is 6.42 Å². The minimum absolute atomic E-state index is 0.130. The summed E-state index contributed by atoms with van der Waals surface area (Å²) in [6.45, 7) is 5.91. The number of rotatable bonds is 3. The molecule has 1 aromatic rings. The number of aromatic nitrogens is 3. The van der Waals surface area contributed by atoms with Gasteiger partial charge in [0.2, 0.25) is 0 Å². The molecule has 12 heavy (non-hydrogen) atoms. The standard InChI is InChI=1S/C8H16N4/c1-6-10-7(12-11-6)4-5-8(2,3)9/h4-5,9H2,1-3H3,(H,10,11,12). The summed E-state index contributed by atoms with van der Waals surface area (Å²) >= 11 is 0. The van der Waals surface area contributed by atoms with Crippen molar-refractivity contribution in [3.63, 3.8) is 0 Å². The first-order valence-electron chi connectivity index (χ1n) is 4.14. The van der Waals surface area contributed by atoms with Crippen LogP contribution in [0, 0.1) is 6.92 Å². The normalized spacial score (nSPS) is 12.0. The van der Waals surface area contributed by atoms with Gasteiger partial charge in [0.15, 0.2) is 5.82 Å². The maximum Gasteiger partial charge on any atom is 0.150 e. The van der Waals surface area contributed by atoms with Crippen LogP contribution in [-0.4, -0.2) is 20.7 Å². The third-order valence-corrected chi connectivity index (χ3v) is 1.64. The third-order valence-electron chi connectivity index (χ3n) is 1.64. The molecule has 0 spiro atoms. The molecule has 3 N–H and O–H groups in total. The number of aryl methyl sites for hydroxylation is 2. The van der Waals surface area contributed by atoms with Gasteiger partial charge in [0.05, 0.1) is 0 Å². The highest BCUT2D eigenvalue weighted by Gasteiger charge is 2.11. The van der Waals surface area contributed by atoms with Gasteiger partial charge >= 0.3 is 0 Å². The van der Waals surface area contributed by atoms with Gasteiger partial charge in [-0.25, -0.2) is 4.98 Å². The highest BCUT2D eigenvalue weighted by atomic mass is 15.2. The maximum absolute atomic E-state index is 5.82. The zero-order valence-corrected chi connectivity index (χ0v) is 7.89. The molecule has 0 aliphatic rings. The Morgan fingerprint density at radius 1 is 1.50 bits per heavy atom. The fourth-order valence-corrected chi connectivity index (χ4v) is 0.935.